The first-order valence-electron chi connectivity index (χ1n) is 9.31. The fourth-order valence-corrected chi connectivity index (χ4v) is 3.56. The molecule has 1 aliphatic carbocycles. The molecule has 2 heterocycles. The van der Waals surface area contributed by atoms with Crippen molar-refractivity contribution in [2.75, 3.05) is 5.75 Å². The maximum atomic E-state index is 12.2. The number of pyridine rings is 1. The Morgan fingerprint density at radius 3 is 2.55 bits per heavy atom. The van der Waals surface area contributed by atoms with Crippen LogP contribution in [0.5, 0.6) is 0 Å². The van der Waals surface area contributed by atoms with E-state index >= 15 is 0 Å². The predicted octanol–water partition coefficient (Wildman–Crippen LogP) is 2.15. The van der Waals surface area contributed by atoms with E-state index in [0.717, 1.165) is 24.2 Å². The topological polar surface area (TPSA) is 102 Å². The maximum absolute atomic E-state index is 12.2. The largest absolute Gasteiger partial charge is 0.301 e. The van der Waals surface area contributed by atoms with Crippen molar-refractivity contribution < 1.29 is 9.59 Å². The minimum atomic E-state index is -0.466. The molecule has 1 aromatic carbocycles. The third kappa shape index (κ3) is 5.00. The Morgan fingerprint density at radius 2 is 1.83 bits per heavy atom. The zero-order chi connectivity index (χ0) is 20.1. The SMILES string of the molecule is O=C(CSc1nnc(C2CC2)n1Cc1ccccc1)NNC(=O)c1ccccn1. The Bertz CT molecular complexity index is 989. The smallest absolute Gasteiger partial charge is 0.288 e. The van der Waals surface area contributed by atoms with E-state index in [2.05, 4.69) is 42.7 Å². The van der Waals surface area contributed by atoms with Crippen molar-refractivity contribution in [2.45, 2.75) is 30.5 Å². The van der Waals surface area contributed by atoms with Gasteiger partial charge in [-0.15, -0.1) is 10.2 Å². The highest BCUT2D eigenvalue weighted by molar-refractivity contribution is 7.99. The summed E-state index contributed by atoms with van der Waals surface area (Å²) in [5, 5.41) is 9.33. The standard InChI is InChI=1S/C20H20N6O2S/c27-17(22-24-19(28)16-8-4-5-11-21-16)13-29-20-25-23-18(15-9-10-15)26(20)12-14-6-2-1-3-7-14/h1-8,11,15H,9-10,12-13H2,(H,22,27)(H,24,28). The predicted molar refractivity (Wildman–Crippen MR) is 108 cm³/mol. The van der Waals surface area contributed by atoms with Crippen molar-refractivity contribution in [3.05, 3.63) is 71.8 Å². The van der Waals surface area contributed by atoms with Gasteiger partial charge in [-0.05, 0) is 30.5 Å². The molecule has 0 saturated heterocycles. The van der Waals surface area contributed by atoms with E-state index < -0.39 is 5.91 Å². The first-order valence-corrected chi connectivity index (χ1v) is 10.3. The summed E-state index contributed by atoms with van der Waals surface area (Å²) in [6, 6.07) is 15.1. The van der Waals surface area contributed by atoms with E-state index in [9.17, 15) is 9.59 Å². The second kappa shape index (κ2) is 8.87. The van der Waals surface area contributed by atoms with Gasteiger partial charge in [-0.3, -0.25) is 25.4 Å². The molecule has 0 atom stereocenters. The van der Waals surface area contributed by atoms with E-state index in [1.165, 1.54) is 18.0 Å². The second-order valence-corrected chi connectivity index (χ2v) is 7.64. The van der Waals surface area contributed by atoms with Gasteiger partial charge in [0.15, 0.2) is 5.16 Å². The van der Waals surface area contributed by atoms with Crippen LogP contribution in [0.3, 0.4) is 0 Å². The lowest BCUT2D eigenvalue weighted by atomic mass is 10.2. The molecule has 0 unspecified atom stereocenters. The Hall–Kier alpha value is -3.20. The van der Waals surface area contributed by atoms with Gasteiger partial charge in [-0.25, -0.2) is 0 Å². The molecule has 1 aliphatic rings. The zero-order valence-electron chi connectivity index (χ0n) is 15.6. The summed E-state index contributed by atoms with van der Waals surface area (Å²) < 4.78 is 2.08. The number of amides is 2. The maximum Gasteiger partial charge on any atom is 0.288 e. The van der Waals surface area contributed by atoms with Crippen LogP contribution in [-0.2, 0) is 11.3 Å². The molecule has 0 aliphatic heterocycles. The molecular weight excluding hydrogens is 388 g/mol. The first-order chi connectivity index (χ1) is 14.2. The van der Waals surface area contributed by atoms with Crippen molar-refractivity contribution in [2.24, 2.45) is 0 Å². The Morgan fingerprint density at radius 1 is 1.03 bits per heavy atom. The van der Waals surface area contributed by atoms with Crippen LogP contribution in [0.25, 0.3) is 0 Å². The van der Waals surface area contributed by atoms with Gasteiger partial charge >= 0.3 is 0 Å². The number of hydrazine groups is 1. The van der Waals surface area contributed by atoms with Crippen LogP contribution in [0, 0.1) is 0 Å². The number of thioether (sulfide) groups is 1. The summed E-state index contributed by atoms with van der Waals surface area (Å²) in [7, 11) is 0. The van der Waals surface area contributed by atoms with Crippen molar-refractivity contribution >= 4 is 23.6 Å². The summed E-state index contributed by atoms with van der Waals surface area (Å²) in [5.74, 6) is 0.737. The van der Waals surface area contributed by atoms with E-state index in [-0.39, 0.29) is 17.4 Å². The number of hydrogen-bond acceptors (Lipinski definition) is 6. The zero-order valence-corrected chi connectivity index (χ0v) is 16.4. The number of nitrogens with one attached hydrogen (secondary N) is 2. The second-order valence-electron chi connectivity index (χ2n) is 6.69. The van der Waals surface area contributed by atoms with E-state index in [1.807, 2.05) is 18.2 Å². The minimum Gasteiger partial charge on any atom is -0.301 e. The first kappa shape index (κ1) is 19.1. The van der Waals surface area contributed by atoms with Gasteiger partial charge in [0.2, 0.25) is 5.91 Å². The lowest BCUT2D eigenvalue weighted by Gasteiger charge is -2.10. The number of aromatic nitrogens is 4. The fraction of sp³-hybridized carbons (Fsp3) is 0.250. The summed E-state index contributed by atoms with van der Waals surface area (Å²) >= 11 is 1.30. The molecular formula is C20H20N6O2S. The minimum absolute atomic E-state index is 0.111. The molecule has 3 aromatic rings. The van der Waals surface area contributed by atoms with Crippen LogP contribution in [-0.4, -0.2) is 37.3 Å². The monoisotopic (exact) mass is 408 g/mol. The van der Waals surface area contributed by atoms with Crippen molar-refractivity contribution in [1.82, 2.24) is 30.6 Å². The third-order valence-electron chi connectivity index (χ3n) is 4.42. The van der Waals surface area contributed by atoms with E-state index in [0.29, 0.717) is 17.6 Å². The lowest BCUT2D eigenvalue weighted by Crippen LogP contribution is -2.42. The van der Waals surface area contributed by atoms with Crippen LogP contribution < -0.4 is 10.9 Å². The molecule has 9 heteroatoms. The summed E-state index contributed by atoms with van der Waals surface area (Å²) in [4.78, 5) is 28.0. The number of rotatable bonds is 7. The molecule has 8 nitrogen and oxygen atoms in total. The average molecular weight is 408 g/mol. The third-order valence-corrected chi connectivity index (χ3v) is 5.38. The molecule has 0 spiro atoms. The van der Waals surface area contributed by atoms with Gasteiger partial charge in [0.1, 0.15) is 11.5 Å². The Kier molecular flexibility index (Phi) is 5.85. The molecule has 1 fully saturated rings. The molecule has 4 rings (SSSR count). The highest BCUT2D eigenvalue weighted by Crippen LogP contribution is 2.40. The van der Waals surface area contributed by atoms with Crippen LogP contribution in [0.4, 0.5) is 0 Å². The Balaban J connectivity index is 1.35. The fourth-order valence-electron chi connectivity index (χ4n) is 2.82. The summed E-state index contributed by atoms with van der Waals surface area (Å²) in [6.07, 6.45) is 3.76. The highest BCUT2D eigenvalue weighted by atomic mass is 32.2. The molecule has 2 N–H and O–H groups in total. The summed E-state index contributed by atoms with van der Waals surface area (Å²) in [5.41, 5.74) is 6.16. The average Bonchev–Trinajstić information content (AvgIpc) is 3.53. The number of benzene rings is 1. The Labute approximate surface area is 172 Å². The van der Waals surface area contributed by atoms with Gasteiger partial charge in [0.05, 0.1) is 12.3 Å². The van der Waals surface area contributed by atoms with Crippen LogP contribution in [0.2, 0.25) is 0 Å². The number of hydrogen-bond donors (Lipinski definition) is 2. The molecule has 0 radical (unpaired) electrons. The number of carbonyl (C=O) groups is 2. The van der Waals surface area contributed by atoms with Gasteiger partial charge in [-0.2, -0.15) is 0 Å². The van der Waals surface area contributed by atoms with Crippen LogP contribution in [0.1, 0.15) is 40.6 Å². The van der Waals surface area contributed by atoms with Crippen LogP contribution in [0.15, 0.2) is 59.9 Å². The quantitative estimate of drug-likeness (QED) is 0.459. The molecule has 29 heavy (non-hydrogen) atoms. The van der Waals surface area contributed by atoms with Gasteiger partial charge < -0.3 is 4.57 Å². The van der Waals surface area contributed by atoms with Crippen molar-refractivity contribution in [3.63, 3.8) is 0 Å². The van der Waals surface area contributed by atoms with Crippen molar-refractivity contribution in [1.29, 1.82) is 0 Å². The molecule has 2 amide bonds. The normalized spacial score (nSPS) is 13.1. The highest BCUT2D eigenvalue weighted by Gasteiger charge is 2.30. The lowest BCUT2D eigenvalue weighted by molar-refractivity contribution is -0.119. The van der Waals surface area contributed by atoms with E-state index in [4.69, 9.17) is 0 Å². The summed E-state index contributed by atoms with van der Waals surface area (Å²) in [6.45, 7) is 0.667. The van der Waals surface area contributed by atoms with E-state index in [1.54, 1.807) is 18.2 Å². The number of carbonyl (C=O) groups excluding carboxylic acids is 2. The van der Waals surface area contributed by atoms with Crippen LogP contribution >= 0.6 is 11.8 Å². The van der Waals surface area contributed by atoms with Crippen molar-refractivity contribution in [3.8, 4) is 0 Å². The number of nitrogens with zero attached hydrogens (tertiary/aromatic N) is 4. The molecule has 2 aromatic heterocycles. The molecule has 0 bridgehead atoms. The molecule has 1 saturated carbocycles. The van der Waals surface area contributed by atoms with Gasteiger partial charge in [0.25, 0.3) is 5.91 Å². The molecule has 148 valence electrons. The van der Waals surface area contributed by atoms with Gasteiger partial charge in [0, 0.05) is 12.1 Å². The van der Waals surface area contributed by atoms with Gasteiger partial charge in [-0.1, -0.05) is 48.2 Å².